The van der Waals surface area contributed by atoms with Crippen molar-refractivity contribution in [2.75, 3.05) is 33.4 Å². The third kappa shape index (κ3) is 4.32. The molecule has 0 amide bonds. The maximum Gasteiger partial charge on any atom is 0.164 e. The predicted octanol–water partition coefficient (Wildman–Crippen LogP) is 2.74. The number of aldehydes is 1. The lowest BCUT2D eigenvalue weighted by Gasteiger charge is -2.32. The Morgan fingerprint density at radius 2 is 2.19 bits per heavy atom. The molecule has 7 heteroatoms. The minimum absolute atomic E-state index is 0.0125. The predicted molar refractivity (Wildman–Crippen MR) is 107 cm³/mol. The third-order valence-electron chi connectivity index (χ3n) is 4.68. The van der Waals surface area contributed by atoms with Crippen LogP contribution in [-0.2, 0) is 10.3 Å². The molecule has 0 radical (unpaired) electrons. The van der Waals surface area contributed by atoms with Gasteiger partial charge in [-0.25, -0.2) is 4.99 Å². The van der Waals surface area contributed by atoms with Gasteiger partial charge in [-0.15, -0.1) is 0 Å². The summed E-state index contributed by atoms with van der Waals surface area (Å²) in [5.74, 6) is 0.980. The molecular weight excluding hydrogens is 346 g/mol. The van der Waals surface area contributed by atoms with E-state index >= 15 is 0 Å². The van der Waals surface area contributed by atoms with Gasteiger partial charge < -0.3 is 4.90 Å². The van der Waals surface area contributed by atoms with Gasteiger partial charge in [0, 0.05) is 31.1 Å². The monoisotopic (exact) mass is 371 g/mol. The number of amidine groups is 1. The Morgan fingerprint density at radius 1 is 1.46 bits per heavy atom. The quantitative estimate of drug-likeness (QED) is 0.450. The van der Waals surface area contributed by atoms with E-state index in [1.807, 2.05) is 44.2 Å². The van der Waals surface area contributed by atoms with Crippen LogP contribution in [0.25, 0.3) is 5.70 Å². The molecule has 2 rings (SSSR count). The highest BCUT2D eigenvalue weighted by Gasteiger charge is 2.25. The molecule has 0 N–H and O–H groups in total. The van der Waals surface area contributed by atoms with Gasteiger partial charge in [-0.3, -0.25) is 14.7 Å². The van der Waals surface area contributed by atoms with Crippen molar-refractivity contribution < 1.29 is 4.79 Å². The summed E-state index contributed by atoms with van der Waals surface area (Å²) < 4.78 is 0. The molecule has 2 heterocycles. The molecule has 1 aliphatic rings. The van der Waals surface area contributed by atoms with Crippen LogP contribution in [0.2, 0.25) is 0 Å². The smallest absolute Gasteiger partial charge is 0.164 e. The first-order chi connectivity index (χ1) is 12.3. The summed E-state index contributed by atoms with van der Waals surface area (Å²) in [6.45, 7) is 5.09. The normalized spacial score (nSPS) is 17.9. The number of pyridine rings is 1. The molecule has 0 aliphatic carbocycles. The summed E-state index contributed by atoms with van der Waals surface area (Å²) in [6, 6.07) is 5.76. The number of thioether (sulfide) groups is 1. The highest BCUT2D eigenvalue weighted by atomic mass is 32.2. The van der Waals surface area contributed by atoms with Crippen LogP contribution in [0, 0.1) is 11.3 Å². The van der Waals surface area contributed by atoms with Gasteiger partial charge >= 0.3 is 0 Å². The fourth-order valence-corrected chi connectivity index (χ4v) is 3.35. The average Bonchev–Trinajstić information content (AvgIpc) is 2.63. The second-order valence-corrected chi connectivity index (χ2v) is 7.96. The molecule has 6 nitrogen and oxygen atoms in total. The number of allylic oxidation sites excluding steroid dienone is 1. The molecule has 26 heavy (non-hydrogen) atoms. The van der Waals surface area contributed by atoms with E-state index in [2.05, 4.69) is 28.7 Å². The summed E-state index contributed by atoms with van der Waals surface area (Å²) >= 11 is 1.63. The van der Waals surface area contributed by atoms with Crippen molar-refractivity contribution in [2.24, 2.45) is 4.99 Å². The maximum atomic E-state index is 11.4. The molecule has 0 unspecified atom stereocenters. The van der Waals surface area contributed by atoms with Crippen LogP contribution in [0.3, 0.4) is 0 Å². The van der Waals surface area contributed by atoms with Crippen molar-refractivity contribution in [1.29, 1.82) is 5.26 Å². The summed E-state index contributed by atoms with van der Waals surface area (Å²) in [6.07, 6.45) is 3.34. The van der Waals surface area contributed by atoms with E-state index < -0.39 is 0 Å². The number of aromatic nitrogens is 1. The average molecular weight is 372 g/mol. The van der Waals surface area contributed by atoms with Crippen LogP contribution < -0.4 is 0 Å². The zero-order chi connectivity index (χ0) is 19.3. The standard InChI is InChI=1S/C19H25N5OS/c1-19(2,23(3)4)16-8-7-14(12-21-16)17(15(11-20)13-25)22-18-24(5)9-6-10-26-18/h7-8,12-13H,6,9-10H2,1-5H3/b17-15-,22-18?. The van der Waals surface area contributed by atoms with Gasteiger partial charge in [0.25, 0.3) is 0 Å². The fraction of sp³-hybridized carbons (Fsp3) is 0.474. The number of nitriles is 1. The Hall–Kier alpha value is -2.17. The third-order valence-corrected chi connectivity index (χ3v) is 5.83. The van der Waals surface area contributed by atoms with Crippen LogP contribution in [0.1, 0.15) is 31.5 Å². The maximum absolute atomic E-state index is 11.4. The van der Waals surface area contributed by atoms with E-state index in [1.54, 1.807) is 18.0 Å². The van der Waals surface area contributed by atoms with Gasteiger partial charge in [-0.1, -0.05) is 11.8 Å². The molecule has 138 valence electrons. The van der Waals surface area contributed by atoms with Gasteiger partial charge in [0.2, 0.25) is 0 Å². The highest BCUT2D eigenvalue weighted by molar-refractivity contribution is 8.13. The molecule has 1 saturated heterocycles. The lowest BCUT2D eigenvalue weighted by atomic mass is 9.97. The highest BCUT2D eigenvalue weighted by Crippen LogP contribution is 2.27. The van der Waals surface area contributed by atoms with Crippen molar-refractivity contribution in [3.63, 3.8) is 0 Å². The van der Waals surface area contributed by atoms with Gasteiger partial charge in [0.15, 0.2) is 11.5 Å². The largest absolute Gasteiger partial charge is 0.354 e. The Bertz CT molecular complexity index is 759. The summed E-state index contributed by atoms with van der Waals surface area (Å²) in [5, 5.41) is 10.2. The number of carbonyl (C=O) groups excluding carboxylic acids is 1. The molecule has 0 atom stereocenters. The number of carbonyl (C=O) groups is 1. The Balaban J connectivity index is 2.48. The molecule has 1 aromatic heterocycles. The Kier molecular flexibility index (Phi) is 6.57. The van der Waals surface area contributed by atoms with E-state index in [1.165, 1.54) is 0 Å². The zero-order valence-corrected chi connectivity index (χ0v) is 16.8. The number of nitrogens with zero attached hydrogens (tertiary/aromatic N) is 5. The van der Waals surface area contributed by atoms with E-state index in [-0.39, 0.29) is 11.1 Å². The van der Waals surface area contributed by atoms with Crippen LogP contribution in [-0.4, -0.2) is 59.7 Å². The molecule has 1 fully saturated rings. The summed E-state index contributed by atoms with van der Waals surface area (Å²) in [4.78, 5) is 24.7. The Labute approximate surface area is 159 Å². The van der Waals surface area contributed by atoms with Crippen molar-refractivity contribution >= 4 is 28.9 Å². The van der Waals surface area contributed by atoms with Crippen LogP contribution >= 0.6 is 11.8 Å². The number of hydrogen-bond donors (Lipinski definition) is 0. The second-order valence-electron chi connectivity index (χ2n) is 6.90. The minimum atomic E-state index is -0.226. The summed E-state index contributed by atoms with van der Waals surface area (Å²) in [5.41, 5.74) is 1.74. The van der Waals surface area contributed by atoms with E-state index in [0.717, 1.165) is 29.6 Å². The number of aliphatic imine (C=N–C) groups is 1. The minimum Gasteiger partial charge on any atom is -0.354 e. The van der Waals surface area contributed by atoms with Crippen LogP contribution in [0.5, 0.6) is 0 Å². The van der Waals surface area contributed by atoms with Crippen molar-refractivity contribution in [2.45, 2.75) is 25.8 Å². The first-order valence-corrected chi connectivity index (χ1v) is 9.46. The number of hydrogen-bond acceptors (Lipinski definition) is 6. The van der Waals surface area contributed by atoms with Crippen molar-refractivity contribution in [1.82, 2.24) is 14.8 Å². The first kappa shape index (κ1) is 20.1. The Morgan fingerprint density at radius 3 is 2.69 bits per heavy atom. The molecule has 0 spiro atoms. The van der Waals surface area contributed by atoms with E-state index in [9.17, 15) is 10.1 Å². The van der Waals surface area contributed by atoms with Crippen molar-refractivity contribution in [3.8, 4) is 6.07 Å². The zero-order valence-electron chi connectivity index (χ0n) is 16.0. The fourth-order valence-electron chi connectivity index (χ4n) is 2.42. The SMILES string of the molecule is CN1CCCSC1=N/C(=C(/C#N)C=O)c1ccc(C(C)(C)N(C)C)nc1. The second kappa shape index (κ2) is 8.47. The first-order valence-electron chi connectivity index (χ1n) is 8.47. The van der Waals surface area contributed by atoms with Gasteiger partial charge in [0.05, 0.1) is 16.9 Å². The van der Waals surface area contributed by atoms with Gasteiger partial charge in [-0.2, -0.15) is 5.26 Å². The molecular formula is C19H25N5OS. The van der Waals surface area contributed by atoms with Crippen LogP contribution in [0.4, 0.5) is 0 Å². The van der Waals surface area contributed by atoms with Gasteiger partial charge in [0.1, 0.15) is 11.6 Å². The summed E-state index contributed by atoms with van der Waals surface area (Å²) in [7, 11) is 5.98. The lowest BCUT2D eigenvalue weighted by Crippen LogP contribution is -2.36. The topological polar surface area (TPSA) is 72.6 Å². The lowest BCUT2D eigenvalue weighted by molar-refractivity contribution is -0.104. The molecule has 1 aromatic rings. The molecule has 0 bridgehead atoms. The number of rotatable bonds is 5. The molecule has 0 saturated carbocycles. The molecule has 1 aliphatic heterocycles. The van der Waals surface area contributed by atoms with Crippen LogP contribution in [0.15, 0.2) is 28.9 Å². The van der Waals surface area contributed by atoms with Crippen molar-refractivity contribution in [3.05, 3.63) is 35.2 Å². The van der Waals surface area contributed by atoms with Gasteiger partial charge in [-0.05, 0) is 46.5 Å². The molecule has 0 aromatic carbocycles. The van der Waals surface area contributed by atoms with E-state index in [4.69, 9.17) is 0 Å². The van der Waals surface area contributed by atoms with E-state index in [0.29, 0.717) is 17.5 Å².